The Morgan fingerprint density at radius 2 is 1.81 bits per heavy atom. The molecule has 0 aliphatic rings. The van der Waals surface area contributed by atoms with Crippen molar-refractivity contribution >= 4 is 15.9 Å². The van der Waals surface area contributed by atoms with Gasteiger partial charge in [0, 0.05) is 5.56 Å². The molecular weight excluding hydrogens is 295 g/mol. The van der Waals surface area contributed by atoms with Crippen LogP contribution in [0.4, 0.5) is 4.39 Å². The zero-order chi connectivity index (χ0) is 15.5. The van der Waals surface area contributed by atoms with Crippen LogP contribution in [0.25, 0.3) is 0 Å². The summed E-state index contributed by atoms with van der Waals surface area (Å²) < 4.78 is 37.2. The maximum Gasteiger partial charge on any atom is 0.266 e. The lowest BCUT2D eigenvalue weighted by Crippen LogP contribution is -2.41. The molecule has 110 valence electrons. The predicted molar refractivity (Wildman–Crippen MR) is 75.4 cm³/mol. The van der Waals surface area contributed by atoms with Gasteiger partial charge in [-0.05, 0) is 31.2 Å². The molecule has 0 aromatic heterocycles. The Morgan fingerprint density at radius 3 is 2.48 bits per heavy atom. The van der Waals surface area contributed by atoms with Gasteiger partial charge in [0.05, 0.1) is 0 Å². The molecule has 5 nitrogen and oxygen atoms in total. The third kappa shape index (κ3) is 3.65. The van der Waals surface area contributed by atoms with Crippen molar-refractivity contribution in [2.24, 2.45) is 0 Å². The van der Waals surface area contributed by atoms with Crippen molar-refractivity contribution in [3.05, 3.63) is 65.5 Å². The molecule has 0 aliphatic heterocycles. The van der Waals surface area contributed by atoms with Gasteiger partial charge in [-0.15, -0.1) is 4.83 Å². The van der Waals surface area contributed by atoms with E-state index in [1.165, 1.54) is 12.1 Å². The van der Waals surface area contributed by atoms with E-state index in [0.717, 1.165) is 17.7 Å². The van der Waals surface area contributed by atoms with E-state index in [-0.39, 0.29) is 0 Å². The normalized spacial score (nSPS) is 11.1. The Morgan fingerprint density at radius 1 is 1.10 bits per heavy atom. The lowest BCUT2D eigenvalue weighted by Gasteiger charge is -2.09. The van der Waals surface area contributed by atoms with E-state index >= 15 is 0 Å². The number of amides is 1. The van der Waals surface area contributed by atoms with Crippen LogP contribution < -0.4 is 10.3 Å². The van der Waals surface area contributed by atoms with E-state index in [9.17, 15) is 17.6 Å². The first-order chi connectivity index (χ1) is 9.90. The first kappa shape index (κ1) is 15.1. The quantitative estimate of drug-likeness (QED) is 0.845. The highest BCUT2D eigenvalue weighted by Crippen LogP contribution is 2.12. The molecule has 2 N–H and O–H groups in total. The third-order valence-electron chi connectivity index (χ3n) is 2.71. The number of sulfonamides is 1. The molecule has 21 heavy (non-hydrogen) atoms. The smallest absolute Gasteiger partial charge is 0.266 e. The Kier molecular flexibility index (Phi) is 4.35. The summed E-state index contributed by atoms with van der Waals surface area (Å²) in [6.07, 6.45) is 0. The fourth-order valence-electron chi connectivity index (χ4n) is 1.69. The van der Waals surface area contributed by atoms with Gasteiger partial charge in [-0.25, -0.2) is 12.8 Å². The van der Waals surface area contributed by atoms with Crippen molar-refractivity contribution in [2.45, 2.75) is 11.8 Å². The second-order valence-corrected chi connectivity index (χ2v) is 6.01. The summed E-state index contributed by atoms with van der Waals surface area (Å²) in [5.74, 6) is -1.52. The average molecular weight is 308 g/mol. The molecule has 2 aromatic rings. The van der Waals surface area contributed by atoms with E-state index in [2.05, 4.69) is 0 Å². The molecule has 0 unspecified atom stereocenters. The van der Waals surface area contributed by atoms with Crippen LogP contribution in [0.2, 0.25) is 0 Å². The molecule has 0 saturated carbocycles. The highest BCUT2D eigenvalue weighted by Gasteiger charge is 2.19. The van der Waals surface area contributed by atoms with Crippen LogP contribution in [0.15, 0.2) is 53.4 Å². The number of nitrogens with one attached hydrogen (secondary N) is 2. The van der Waals surface area contributed by atoms with Crippen LogP contribution in [-0.4, -0.2) is 14.3 Å². The largest absolute Gasteiger partial charge is 0.273 e. The molecule has 0 bridgehead atoms. The molecular formula is C14H13FN2O3S. The zero-order valence-corrected chi connectivity index (χ0v) is 11.9. The van der Waals surface area contributed by atoms with E-state index < -0.39 is 26.6 Å². The summed E-state index contributed by atoms with van der Waals surface area (Å²) in [5.41, 5.74) is 3.21. The minimum Gasteiger partial charge on any atom is -0.273 e. The second-order valence-electron chi connectivity index (χ2n) is 4.36. The number of aryl methyl sites for hydroxylation is 1. The Hall–Kier alpha value is -2.25. The maximum absolute atomic E-state index is 13.5. The molecule has 0 radical (unpaired) electrons. The Labute approximate surface area is 121 Å². The number of carbonyl (C=O) groups excluding carboxylic acids is 1. The lowest BCUT2D eigenvalue weighted by molar-refractivity contribution is 0.0945. The van der Waals surface area contributed by atoms with E-state index in [0.29, 0.717) is 5.56 Å². The van der Waals surface area contributed by atoms with Crippen LogP contribution in [0.5, 0.6) is 0 Å². The highest BCUT2D eigenvalue weighted by molar-refractivity contribution is 7.89. The van der Waals surface area contributed by atoms with Gasteiger partial charge in [-0.2, -0.15) is 0 Å². The number of rotatable bonds is 4. The first-order valence-electron chi connectivity index (χ1n) is 6.03. The van der Waals surface area contributed by atoms with E-state index in [1.54, 1.807) is 31.2 Å². The summed E-state index contributed by atoms with van der Waals surface area (Å²) in [5, 5.41) is 0. The van der Waals surface area contributed by atoms with Gasteiger partial charge >= 0.3 is 0 Å². The Balaban J connectivity index is 2.12. The number of halogens is 1. The van der Waals surface area contributed by atoms with Crippen molar-refractivity contribution in [1.29, 1.82) is 0 Å². The molecule has 0 atom stereocenters. The minimum absolute atomic E-state index is 0.297. The molecule has 1 amide bonds. The molecule has 7 heteroatoms. The van der Waals surface area contributed by atoms with Gasteiger partial charge in [0.2, 0.25) is 0 Å². The molecule has 0 aliphatic carbocycles. The van der Waals surface area contributed by atoms with Gasteiger partial charge < -0.3 is 0 Å². The summed E-state index contributed by atoms with van der Waals surface area (Å²) in [6.45, 7) is 1.81. The van der Waals surface area contributed by atoms with Crippen molar-refractivity contribution in [1.82, 2.24) is 10.3 Å². The lowest BCUT2D eigenvalue weighted by atomic mass is 10.1. The van der Waals surface area contributed by atoms with Crippen molar-refractivity contribution in [3.8, 4) is 0 Å². The minimum atomic E-state index is -4.16. The first-order valence-corrected chi connectivity index (χ1v) is 7.52. The SMILES string of the molecule is Cc1cccc(C(=O)NNS(=O)(=O)c2ccccc2F)c1. The second kappa shape index (κ2) is 6.02. The van der Waals surface area contributed by atoms with Gasteiger partial charge in [0.1, 0.15) is 10.7 Å². The van der Waals surface area contributed by atoms with Gasteiger partial charge in [-0.3, -0.25) is 10.2 Å². The summed E-state index contributed by atoms with van der Waals surface area (Å²) in [4.78, 5) is 13.2. The van der Waals surface area contributed by atoms with Crippen LogP contribution in [0.1, 0.15) is 15.9 Å². The van der Waals surface area contributed by atoms with Gasteiger partial charge in [0.25, 0.3) is 15.9 Å². The van der Waals surface area contributed by atoms with E-state index in [4.69, 9.17) is 0 Å². The molecule has 0 spiro atoms. The fourth-order valence-corrected chi connectivity index (χ4v) is 2.61. The van der Waals surface area contributed by atoms with Crippen LogP contribution in [-0.2, 0) is 10.0 Å². The van der Waals surface area contributed by atoms with Gasteiger partial charge in [-0.1, -0.05) is 29.8 Å². The van der Waals surface area contributed by atoms with Crippen LogP contribution in [0, 0.1) is 12.7 Å². The van der Waals surface area contributed by atoms with Crippen molar-refractivity contribution < 1.29 is 17.6 Å². The topological polar surface area (TPSA) is 75.3 Å². The summed E-state index contributed by atoms with van der Waals surface area (Å²) in [6, 6.07) is 11.5. The predicted octanol–water partition coefficient (Wildman–Crippen LogP) is 1.76. The van der Waals surface area contributed by atoms with Gasteiger partial charge in [0.15, 0.2) is 0 Å². The van der Waals surface area contributed by atoms with Crippen LogP contribution >= 0.6 is 0 Å². The molecule has 0 saturated heterocycles. The molecule has 0 fully saturated rings. The maximum atomic E-state index is 13.5. The number of hydrogen-bond acceptors (Lipinski definition) is 3. The molecule has 2 aromatic carbocycles. The summed E-state index contributed by atoms with van der Waals surface area (Å²) in [7, 11) is -4.16. The number of hydrogen-bond donors (Lipinski definition) is 2. The number of hydrazine groups is 1. The zero-order valence-electron chi connectivity index (χ0n) is 11.1. The average Bonchev–Trinajstić information content (AvgIpc) is 2.45. The van der Waals surface area contributed by atoms with Crippen molar-refractivity contribution in [2.75, 3.05) is 0 Å². The molecule has 2 rings (SSSR count). The van der Waals surface area contributed by atoms with Crippen molar-refractivity contribution in [3.63, 3.8) is 0 Å². The summed E-state index contributed by atoms with van der Waals surface area (Å²) >= 11 is 0. The van der Waals surface area contributed by atoms with Crippen LogP contribution in [0.3, 0.4) is 0 Å². The third-order valence-corrected chi connectivity index (χ3v) is 3.99. The fraction of sp³-hybridized carbons (Fsp3) is 0.0714. The monoisotopic (exact) mass is 308 g/mol. The molecule has 0 heterocycles. The number of benzene rings is 2. The van der Waals surface area contributed by atoms with E-state index in [1.807, 2.05) is 10.3 Å². The highest BCUT2D eigenvalue weighted by atomic mass is 32.2. The standard InChI is InChI=1S/C14H13FN2O3S/c1-10-5-4-6-11(9-10)14(18)16-17-21(19,20)13-8-3-2-7-12(13)15/h2-9,17H,1H3,(H,16,18). The Bertz CT molecular complexity index is 775. The number of carbonyl (C=O) groups is 1.